The molecule has 130 valence electrons. The van der Waals surface area contributed by atoms with Gasteiger partial charge in [-0.25, -0.2) is 0 Å². The average molecular weight is 364 g/mol. The summed E-state index contributed by atoms with van der Waals surface area (Å²) in [5, 5.41) is 0.687. The SMILES string of the molecule is CCCN1C(=O)/C(=C\c2ccc(-c3ccc(Cl)cc3)o2)c2ccccc21. The highest BCUT2D eigenvalue weighted by molar-refractivity contribution is 6.35. The van der Waals surface area contributed by atoms with Crippen molar-refractivity contribution < 1.29 is 9.21 Å². The number of anilines is 1. The molecule has 3 nitrogen and oxygen atoms in total. The van der Waals surface area contributed by atoms with E-state index in [1.807, 2.05) is 71.6 Å². The first-order valence-corrected chi connectivity index (χ1v) is 9.04. The van der Waals surface area contributed by atoms with Crippen molar-refractivity contribution in [1.29, 1.82) is 0 Å². The van der Waals surface area contributed by atoms with Crippen molar-refractivity contribution >= 4 is 34.8 Å². The number of fused-ring (bicyclic) bond motifs is 1. The number of carbonyl (C=O) groups excluding carboxylic acids is 1. The van der Waals surface area contributed by atoms with Crippen LogP contribution in [0.25, 0.3) is 23.0 Å². The highest BCUT2D eigenvalue weighted by Crippen LogP contribution is 2.38. The summed E-state index contributed by atoms with van der Waals surface area (Å²) in [6.07, 6.45) is 2.74. The quantitative estimate of drug-likeness (QED) is 0.541. The predicted octanol–water partition coefficient (Wildman–Crippen LogP) is 5.90. The number of halogens is 1. The normalized spacial score (nSPS) is 14.9. The molecule has 1 aliphatic rings. The molecule has 0 saturated heterocycles. The lowest BCUT2D eigenvalue weighted by Gasteiger charge is -2.15. The van der Waals surface area contributed by atoms with Gasteiger partial charge in [0.2, 0.25) is 0 Å². The second-order valence-corrected chi connectivity index (χ2v) is 6.68. The molecule has 0 radical (unpaired) electrons. The zero-order valence-corrected chi connectivity index (χ0v) is 15.2. The van der Waals surface area contributed by atoms with E-state index in [0.717, 1.165) is 29.0 Å². The number of furan rings is 1. The lowest BCUT2D eigenvalue weighted by Crippen LogP contribution is -2.26. The van der Waals surface area contributed by atoms with Crippen LogP contribution in [0.4, 0.5) is 5.69 Å². The Bertz CT molecular complexity index is 985. The van der Waals surface area contributed by atoms with Gasteiger partial charge in [0.05, 0.1) is 11.3 Å². The molecule has 3 aromatic rings. The molecule has 0 unspecified atom stereocenters. The first kappa shape index (κ1) is 16.7. The molecule has 4 heteroatoms. The molecule has 0 bridgehead atoms. The van der Waals surface area contributed by atoms with Gasteiger partial charge in [-0.2, -0.15) is 0 Å². The molecule has 0 spiro atoms. The Balaban J connectivity index is 1.70. The highest BCUT2D eigenvalue weighted by atomic mass is 35.5. The summed E-state index contributed by atoms with van der Waals surface area (Å²) in [7, 11) is 0. The Labute approximate surface area is 157 Å². The number of benzene rings is 2. The first-order chi connectivity index (χ1) is 12.7. The van der Waals surface area contributed by atoms with E-state index >= 15 is 0 Å². The van der Waals surface area contributed by atoms with Gasteiger partial charge in [-0.05, 0) is 55.0 Å². The third-order valence-electron chi connectivity index (χ3n) is 4.45. The van der Waals surface area contributed by atoms with E-state index in [1.54, 1.807) is 0 Å². The molecule has 0 fully saturated rings. The maximum atomic E-state index is 12.9. The average Bonchev–Trinajstić information content (AvgIpc) is 3.22. The smallest absolute Gasteiger partial charge is 0.259 e. The third kappa shape index (κ3) is 2.95. The van der Waals surface area contributed by atoms with E-state index < -0.39 is 0 Å². The zero-order chi connectivity index (χ0) is 18.1. The molecule has 4 rings (SSSR count). The van der Waals surface area contributed by atoms with Crippen molar-refractivity contribution in [2.24, 2.45) is 0 Å². The number of hydrogen-bond acceptors (Lipinski definition) is 2. The van der Waals surface area contributed by atoms with Gasteiger partial charge in [-0.1, -0.05) is 36.7 Å². The fourth-order valence-electron chi connectivity index (χ4n) is 3.23. The van der Waals surface area contributed by atoms with Crippen molar-refractivity contribution in [1.82, 2.24) is 0 Å². The minimum absolute atomic E-state index is 0.0255. The van der Waals surface area contributed by atoms with Gasteiger partial charge >= 0.3 is 0 Å². The van der Waals surface area contributed by atoms with Gasteiger partial charge in [0.15, 0.2) is 0 Å². The van der Waals surface area contributed by atoms with Crippen LogP contribution in [-0.2, 0) is 4.79 Å². The number of carbonyl (C=O) groups is 1. The molecular weight excluding hydrogens is 346 g/mol. The Morgan fingerprint density at radius 2 is 1.81 bits per heavy atom. The molecule has 0 atom stereocenters. The summed E-state index contributed by atoms with van der Waals surface area (Å²) >= 11 is 5.94. The summed E-state index contributed by atoms with van der Waals surface area (Å²) in [5.74, 6) is 1.43. The highest BCUT2D eigenvalue weighted by Gasteiger charge is 2.31. The summed E-state index contributed by atoms with van der Waals surface area (Å²) in [6.45, 7) is 2.78. The Morgan fingerprint density at radius 3 is 2.58 bits per heavy atom. The number of amides is 1. The van der Waals surface area contributed by atoms with E-state index in [9.17, 15) is 4.79 Å². The van der Waals surface area contributed by atoms with Crippen LogP contribution in [0, 0.1) is 0 Å². The summed E-state index contributed by atoms with van der Waals surface area (Å²) < 4.78 is 5.94. The molecule has 0 saturated carbocycles. The van der Waals surface area contributed by atoms with E-state index in [-0.39, 0.29) is 5.91 Å². The fourth-order valence-corrected chi connectivity index (χ4v) is 3.36. The van der Waals surface area contributed by atoms with Crippen molar-refractivity contribution in [3.05, 3.63) is 77.0 Å². The van der Waals surface area contributed by atoms with Crippen LogP contribution in [0.15, 0.2) is 65.1 Å². The van der Waals surface area contributed by atoms with Crippen molar-refractivity contribution in [2.75, 3.05) is 11.4 Å². The number of nitrogens with zero attached hydrogens (tertiary/aromatic N) is 1. The van der Waals surface area contributed by atoms with Gasteiger partial charge in [-0.3, -0.25) is 4.79 Å². The Kier molecular flexibility index (Phi) is 4.39. The maximum absolute atomic E-state index is 12.9. The van der Waals surface area contributed by atoms with Crippen LogP contribution in [0.3, 0.4) is 0 Å². The van der Waals surface area contributed by atoms with Crippen LogP contribution in [-0.4, -0.2) is 12.5 Å². The molecular formula is C22H18ClNO2. The molecule has 2 aromatic carbocycles. The fraction of sp³-hybridized carbons (Fsp3) is 0.136. The number of rotatable bonds is 4. The molecule has 1 amide bonds. The topological polar surface area (TPSA) is 33.5 Å². The van der Waals surface area contributed by atoms with E-state index in [2.05, 4.69) is 6.92 Å². The molecule has 0 aliphatic carbocycles. The van der Waals surface area contributed by atoms with E-state index in [0.29, 0.717) is 22.9 Å². The third-order valence-corrected chi connectivity index (χ3v) is 4.70. The second-order valence-electron chi connectivity index (χ2n) is 6.24. The minimum atomic E-state index is 0.0255. The van der Waals surface area contributed by atoms with Crippen molar-refractivity contribution in [3.63, 3.8) is 0 Å². The molecule has 1 aliphatic heterocycles. The van der Waals surface area contributed by atoms with Crippen molar-refractivity contribution in [2.45, 2.75) is 13.3 Å². The zero-order valence-electron chi connectivity index (χ0n) is 14.4. The summed E-state index contributed by atoms with van der Waals surface area (Å²) in [5.41, 5.74) is 3.54. The van der Waals surface area contributed by atoms with Gasteiger partial charge < -0.3 is 9.32 Å². The minimum Gasteiger partial charge on any atom is -0.457 e. The molecule has 1 aromatic heterocycles. The molecule has 2 heterocycles. The maximum Gasteiger partial charge on any atom is 0.259 e. The van der Waals surface area contributed by atoms with Gasteiger partial charge in [-0.15, -0.1) is 0 Å². The van der Waals surface area contributed by atoms with E-state index in [4.69, 9.17) is 16.0 Å². The van der Waals surface area contributed by atoms with Gasteiger partial charge in [0, 0.05) is 22.7 Å². The number of para-hydroxylation sites is 1. The predicted molar refractivity (Wildman–Crippen MR) is 106 cm³/mol. The second kappa shape index (κ2) is 6.85. The Hall–Kier alpha value is -2.78. The summed E-state index contributed by atoms with van der Waals surface area (Å²) in [4.78, 5) is 14.7. The van der Waals surface area contributed by atoms with E-state index in [1.165, 1.54) is 0 Å². The Morgan fingerprint density at radius 1 is 1.04 bits per heavy atom. The van der Waals surface area contributed by atoms with Gasteiger partial charge in [0.25, 0.3) is 5.91 Å². The van der Waals surface area contributed by atoms with Crippen LogP contribution < -0.4 is 4.90 Å². The first-order valence-electron chi connectivity index (χ1n) is 8.66. The van der Waals surface area contributed by atoms with Crippen LogP contribution >= 0.6 is 11.6 Å². The molecule has 0 N–H and O–H groups in total. The van der Waals surface area contributed by atoms with Crippen molar-refractivity contribution in [3.8, 4) is 11.3 Å². The van der Waals surface area contributed by atoms with Crippen LogP contribution in [0.5, 0.6) is 0 Å². The summed E-state index contributed by atoms with van der Waals surface area (Å²) in [6, 6.07) is 19.2. The number of hydrogen-bond donors (Lipinski definition) is 0. The lowest BCUT2D eigenvalue weighted by molar-refractivity contribution is -0.113. The van der Waals surface area contributed by atoms with Gasteiger partial charge in [0.1, 0.15) is 11.5 Å². The van der Waals surface area contributed by atoms with Crippen LogP contribution in [0.2, 0.25) is 5.02 Å². The standard InChI is InChI=1S/C22H18ClNO2/c1-2-13-24-20-6-4-3-5-18(20)19(22(24)25)14-17-11-12-21(26-17)15-7-9-16(23)10-8-15/h3-12,14H,2,13H2,1H3/b19-14-. The lowest BCUT2D eigenvalue weighted by atomic mass is 10.1. The monoisotopic (exact) mass is 363 g/mol. The molecule has 26 heavy (non-hydrogen) atoms. The van der Waals surface area contributed by atoms with Crippen LogP contribution in [0.1, 0.15) is 24.7 Å². The largest absolute Gasteiger partial charge is 0.457 e.